The smallest absolute Gasteiger partial charge is 0.147 e. The van der Waals surface area contributed by atoms with E-state index in [1.807, 2.05) is 0 Å². The molecular weight excluding hydrogens is 515 g/mol. The number of halogens is 1. The summed E-state index contributed by atoms with van der Waals surface area (Å²) in [5.41, 5.74) is 9.39. The summed E-state index contributed by atoms with van der Waals surface area (Å²) in [7, 11) is 1.29. The van der Waals surface area contributed by atoms with Crippen LogP contribution in [0.1, 0.15) is 43.4 Å². The van der Waals surface area contributed by atoms with Crippen molar-refractivity contribution in [2.75, 3.05) is 0 Å². The van der Waals surface area contributed by atoms with Gasteiger partial charge in [-0.2, -0.15) is 0 Å². The van der Waals surface area contributed by atoms with Gasteiger partial charge < -0.3 is 0 Å². The zero-order chi connectivity index (χ0) is 22.3. The molecule has 0 spiro atoms. The van der Waals surface area contributed by atoms with Gasteiger partial charge in [0.05, 0.1) is 0 Å². The first-order valence-corrected chi connectivity index (χ1v) is 28.0. The number of hydrogen-bond donors (Lipinski definition) is 0. The molecule has 4 aromatic carbocycles. The molecular formula is C30H32ClSiZr. The molecule has 0 saturated carbocycles. The second-order valence-corrected chi connectivity index (χ2v) is 49.8. The van der Waals surface area contributed by atoms with Gasteiger partial charge in [0, 0.05) is 0 Å². The first-order valence-electron chi connectivity index (χ1n) is 11.9. The molecule has 0 aliphatic heterocycles. The van der Waals surface area contributed by atoms with Gasteiger partial charge in [0.25, 0.3) is 0 Å². The SMILES string of the molecule is CC1=Cc2c(ccc3ccccc23)[CH]1[Zr]([CH3])([CH3])([SiH3])[CH]1C(C)=Cc2c1ccc1ccccc21.Cl. The Balaban J connectivity index is 0.00000228. The van der Waals surface area contributed by atoms with Gasteiger partial charge in [-0.1, -0.05) is 0 Å². The van der Waals surface area contributed by atoms with Crippen LogP contribution in [-0.4, -0.2) is 7.37 Å². The van der Waals surface area contributed by atoms with Crippen molar-refractivity contribution >= 4 is 53.5 Å². The van der Waals surface area contributed by atoms with Crippen LogP contribution < -0.4 is 0 Å². The predicted octanol–water partition coefficient (Wildman–Crippen LogP) is 8.10. The molecule has 2 aliphatic rings. The van der Waals surface area contributed by atoms with Crippen molar-refractivity contribution in [1.29, 1.82) is 0 Å². The van der Waals surface area contributed by atoms with Crippen LogP contribution in [-0.2, 0) is 17.9 Å². The van der Waals surface area contributed by atoms with Crippen LogP contribution in [0, 0.1) is 0 Å². The van der Waals surface area contributed by atoms with Crippen molar-refractivity contribution < 1.29 is 17.9 Å². The van der Waals surface area contributed by atoms with Crippen molar-refractivity contribution in [3.8, 4) is 0 Å². The maximum atomic E-state index is 2.77. The molecule has 2 unspecified atom stereocenters. The van der Waals surface area contributed by atoms with E-state index >= 15 is 0 Å². The van der Waals surface area contributed by atoms with Crippen LogP contribution in [0.5, 0.6) is 0 Å². The van der Waals surface area contributed by atoms with E-state index in [0.717, 1.165) is 0 Å². The van der Waals surface area contributed by atoms with Gasteiger partial charge in [0.15, 0.2) is 0 Å². The number of allylic oxidation sites excluding steroid dienone is 2. The van der Waals surface area contributed by atoms with Crippen LogP contribution >= 0.6 is 12.4 Å². The topological polar surface area (TPSA) is 0 Å². The Morgan fingerprint density at radius 2 is 1.00 bits per heavy atom. The van der Waals surface area contributed by atoms with Gasteiger partial charge in [-0.25, -0.2) is 0 Å². The van der Waals surface area contributed by atoms with E-state index in [1.165, 1.54) is 40.0 Å². The van der Waals surface area contributed by atoms with Crippen LogP contribution in [0.15, 0.2) is 83.9 Å². The molecule has 6 rings (SSSR count). The quantitative estimate of drug-likeness (QED) is 0.223. The molecule has 33 heavy (non-hydrogen) atoms. The zero-order valence-electron chi connectivity index (χ0n) is 20.1. The molecule has 167 valence electrons. The van der Waals surface area contributed by atoms with E-state index in [1.54, 1.807) is 22.3 Å². The Morgan fingerprint density at radius 1 is 0.606 bits per heavy atom. The molecule has 0 nitrogen and oxygen atoms in total. The van der Waals surface area contributed by atoms with Crippen LogP contribution in [0.2, 0.25) is 9.26 Å². The third kappa shape index (κ3) is 3.25. The second-order valence-electron chi connectivity index (χ2n) is 11.6. The van der Waals surface area contributed by atoms with E-state index < -0.39 is 17.9 Å². The van der Waals surface area contributed by atoms with Crippen molar-refractivity contribution in [2.24, 2.45) is 0 Å². The number of benzene rings is 4. The molecule has 2 aliphatic carbocycles. The molecule has 0 radical (unpaired) electrons. The third-order valence-electron chi connectivity index (χ3n) is 8.35. The van der Waals surface area contributed by atoms with Gasteiger partial charge >= 0.3 is 196 Å². The molecule has 2 atom stereocenters. The Bertz CT molecular complexity index is 1390. The molecule has 0 heterocycles. The molecule has 0 amide bonds. The van der Waals surface area contributed by atoms with E-state index in [4.69, 9.17) is 0 Å². The standard InChI is InChI=1S/2C14H11.2CH3.ClH.H3Si.Zr/c2*1-10-8-12-7-6-11-4-2-3-5-13(11)14(12)9-10;;;;;/h2*2-9H,1H3;2*1H3;1H;1H3;. The van der Waals surface area contributed by atoms with E-state index in [-0.39, 0.29) is 12.4 Å². The minimum Gasteiger partial charge on any atom is -0.147 e. The van der Waals surface area contributed by atoms with E-state index in [9.17, 15) is 0 Å². The van der Waals surface area contributed by atoms with Gasteiger partial charge in [-0.3, -0.25) is 0 Å². The Kier molecular flexibility index (Phi) is 5.33. The first-order chi connectivity index (χ1) is 15.2. The van der Waals surface area contributed by atoms with E-state index in [2.05, 4.69) is 108 Å². The summed E-state index contributed by atoms with van der Waals surface area (Å²) in [4.78, 5) is 0. The van der Waals surface area contributed by atoms with Crippen LogP contribution in [0.25, 0.3) is 33.7 Å². The molecule has 0 saturated heterocycles. The Hall–Kier alpha value is -1.73. The van der Waals surface area contributed by atoms with E-state index in [0.29, 0.717) is 7.25 Å². The molecule has 3 heteroatoms. The van der Waals surface area contributed by atoms with Crippen molar-refractivity contribution in [3.63, 3.8) is 0 Å². The molecule has 0 aromatic heterocycles. The fraction of sp³-hybridized carbons (Fsp3) is 0.200. The molecule has 4 aromatic rings. The average molecular weight is 547 g/mol. The maximum absolute atomic E-state index is 3.28. The minimum absolute atomic E-state index is 0. The summed E-state index contributed by atoms with van der Waals surface area (Å²) < 4.78 is 6.81. The summed E-state index contributed by atoms with van der Waals surface area (Å²) in [6, 6.07) is 27.5. The molecule has 0 bridgehead atoms. The van der Waals surface area contributed by atoms with Crippen LogP contribution in [0.4, 0.5) is 0 Å². The van der Waals surface area contributed by atoms with Gasteiger partial charge in [0.2, 0.25) is 0 Å². The van der Waals surface area contributed by atoms with Gasteiger partial charge in [-0.15, -0.1) is 12.4 Å². The number of rotatable bonds is 2. The van der Waals surface area contributed by atoms with Gasteiger partial charge in [0.1, 0.15) is 0 Å². The summed E-state index contributed by atoms with van der Waals surface area (Å²) in [6.45, 7) is 4.82. The second kappa shape index (κ2) is 7.64. The summed E-state index contributed by atoms with van der Waals surface area (Å²) in [5.74, 6) is 0. The number of hydrogen-bond acceptors (Lipinski definition) is 0. The van der Waals surface area contributed by atoms with Crippen molar-refractivity contribution in [2.45, 2.75) is 30.4 Å². The third-order valence-corrected chi connectivity index (χ3v) is 29.1. The fourth-order valence-corrected chi connectivity index (χ4v) is 32.5. The van der Waals surface area contributed by atoms with Crippen molar-refractivity contribution in [3.05, 3.63) is 106 Å². The first kappa shape index (κ1) is 23.0. The largest absolute Gasteiger partial charge is 0.147 e. The Morgan fingerprint density at radius 3 is 1.42 bits per heavy atom. The van der Waals surface area contributed by atoms with Gasteiger partial charge in [-0.05, 0) is 0 Å². The van der Waals surface area contributed by atoms with Crippen molar-refractivity contribution in [1.82, 2.24) is 0 Å². The predicted molar refractivity (Wildman–Crippen MR) is 150 cm³/mol. The average Bonchev–Trinajstić information content (AvgIpc) is 3.30. The molecule has 0 N–H and O–H groups in total. The normalized spacial score (nSPS) is 20.5. The Labute approximate surface area is 206 Å². The minimum atomic E-state index is -3.28. The summed E-state index contributed by atoms with van der Waals surface area (Å²) in [6.07, 6.45) is 5.05. The zero-order valence-corrected chi connectivity index (χ0v) is 25.4. The summed E-state index contributed by atoms with van der Waals surface area (Å²) >= 11 is -3.28. The maximum Gasteiger partial charge on any atom is -0.147 e. The fourth-order valence-electron chi connectivity index (χ4n) is 7.47. The number of fused-ring (bicyclic) bond motifs is 6. The monoisotopic (exact) mass is 545 g/mol. The summed E-state index contributed by atoms with van der Waals surface area (Å²) in [5, 5.41) is 5.56. The molecule has 0 fully saturated rings. The van der Waals surface area contributed by atoms with Crippen LogP contribution in [0.3, 0.4) is 0 Å².